The van der Waals surface area contributed by atoms with E-state index in [-0.39, 0.29) is 6.03 Å². The largest absolute Gasteiger partial charge is 0.383 e. The summed E-state index contributed by atoms with van der Waals surface area (Å²) in [5, 5.41) is 7.68. The number of fused-ring (bicyclic) bond motifs is 1. The smallest absolute Gasteiger partial charge is 0.318 e. The third kappa shape index (κ3) is 3.52. The van der Waals surface area contributed by atoms with Gasteiger partial charge in [0.25, 0.3) is 0 Å². The van der Waals surface area contributed by atoms with E-state index in [1.807, 2.05) is 16.6 Å². The van der Waals surface area contributed by atoms with E-state index < -0.39 is 0 Å². The van der Waals surface area contributed by atoms with Crippen LogP contribution in [0, 0.1) is 0 Å². The first kappa shape index (κ1) is 16.3. The number of ether oxygens (including phenoxy) is 1. The van der Waals surface area contributed by atoms with E-state index in [0.29, 0.717) is 25.7 Å². The van der Waals surface area contributed by atoms with Crippen LogP contribution in [0.3, 0.4) is 0 Å². The Labute approximate surface area is 138 Å². The van der Waals surface area contributed by atoms with Gasteiger partial charge < -0.3 is 15.0 Å². The molecule has 1 saturated carbocycles. The molecule has 3 rings (SSSR count). The molecule has 128 valence electrons. The lowest BCUT2D eigenvalue weighted by molar-refractivity contribution is 0.160. The highest BCUT2D eigenvalue weighted by atomic mass is 16.5. The fourth-order valence-corrected chi connectivity index (χ4v) is 3.93. The van der Waals surface area contributed by atoms with Gasteiger partial charge in [-0.2, -0.15) is 5.10 Å². The van der Waals surface area contributed by atoms with Crippen LogP contribution in [-0.2, 0) is 31.2 Å². The summed E-state index contributed by atoms with van der Waals surface area (Å²) < 4.78 is 7.04. The van der Waals surface area contributed by atoms with Crippen LogP contribution >= 0.6 is 0 Å². The number of amides is 2. The molecule has 0 bridgehead atoms. The Morgan fingerprint density at radius 1 is 1.35 bits per heavy atom. The summed E-state index contributed by atoms with van der Waals surface area (Å²) in [6.45, 7) is 1.73. The van der Waals surface area contributed by atoms with Gasteiger partial charge in [-0.05, 0) is 37.7 Å². The van der Waals surface area contributed by atoms with E-state index in [2.05, 4.69) is 5.32 Å². The second-order valence-electron chi connectivity index (χ2n) is 6.64. The first-order valence-electron chi connectivity index (χ1n) is 8.77. The van der Waals surface area contributed by atoms with Crippen LogP contribution in [0.5, 0.6) is 0 Å². The number of hydrogen-bond donors (Lipinski definition) is 1. The SMILES string of the molecule is COCCNC(=O)N(Cc1nn(C)c2c1CCC2)C1CCCC1. The lowest BCUT2D eigenvalue weighted by Crippen LogP contribution is -2.45. The molecule has 0 aromatic carbocycles. The Morgan fingerprint density at radius 3 is 2.87 bits per heavy atom. The Bertz CT molecular complexity index is 549. The van der Waals surface area contributed by atoms with Crippen molar-refractivity contribution in [3.8, 4) is 0 Å². The van der Waals surface area contributed by atoms with Crippen LogP contribution in [0.15, 0.2) is 0 Å². The van der Waals surface area contributed by atoms with Crippen LogP contribution < -0.4 is 5.32 Å². The number of urea groups is 1. The average molecular weight is 320 g/mol. The van der Waals surface area contributed by atoms with Gasteiger partial charge in [-0.15, -0.1) is 0 Å². The van der Waals surface area contributed by atoms with Gasteiger partial charge in [0, 0.05) is 32.4 Å². The number of aryl methyl sites for hydroxylation is 1. The maximum absolute atomic E-state index is 12.6. The predicted octanol–water partition coefficient (Wildman–Crippen LogP) is 2.01. The minimum atomic E-state index is 0.0198. The molecule has 0 spiro atoms. The summed E-state index contributed by atoms with van der Waals surface area (Å²) in [5.74, 6) is 0. The molecule has 0 saturated heterocycles. The fourth-order valence-electron chi connectivity index (χ4n) is 3.93. The molecule has 2 amide bonds. The molecule has 23 heavy (non-hydrogen) atoms. The van der Waals surface area contributed by atoms with E-state index in [1.54, 1.807) is 7.11 Å². The number of carbonyl (C=O) groups is 1. The molecular formula is C17H28N4O2. The topological polar surface area (TPSA) is 59.4 Å². The summed E-state index contributed by atoms with van der Waals surface area (Å²) in [7, 11) is 3.67. The van der Waals surface area contributed by atoms with E-state index >= 15 is 0 Å². The standard InChI is InChI=1S/C17H28N4O2/c1-20-16-9-5-8-14(16)15(19-20)12-21(13-6-3-4-7-13)17(22)18-10-11-23-2/h13H,3-12H2,1-2H3,(H,18,22). The molecule has 0 atom stereocenters. The summed E-state index contributed by atoms with van der Waals surface area (Å²) in [4.78, 5) is 14.6. The van der Waals surface area contributed by atoms with Crippen molar-refractivity contribution < 1.29 is 9.53 Å². The molecule has 0 unspecified atom stereocenters. The zero-order valence-electron chi connectivity index (χ0n) is 14.3. The van der Waals surface area contributed by atoms with Crippen molar-refractivity contribution in [3.05, 3.63) is 17.0 Å². The zero-order chi connectivity index (χ0) is 16.2. The quantitative estimate of drug-likeness (QED) is 0.816. The molecule has 1 N–H and O–H groups in total. The molecule has 2 aliphatic carbocycles. The van der Waals surface area contributed by atoms with Crippen LogP contribution in [0.25, 0.3) is 0 Å². The molecule has 1 aromatic rings. The van der Waals surface area contributed by atoms with Gasteiger partial charge in [0.15, 0.2) is 0 Å². The molecule has 0 radical (unpaired) electrons. The molecular weight excluding hydrogens is 292 g/mol. The van der Waals surface area contributed by atoms with Gasteiger partial charge in [-0.3, -0.25) is 4.68 Å². The molecule has 6 heteroatoms. The van der Waals surface area contributed by atoms with Crippen LogP contribution in [-0.4, -0.2) is 47.0 Å². The number of methoxy groups -OCH3 is 1. The monoisotopic (exact) mass is 320 g/mol. The van der Waals surface area contributed by atoms with Gasteiger partial charge in [0.1, 0.15) is 0 Å². The molecule has 0 aliphatic heterocycles. The van der Waals surface area contributed by atoms with Crippen molar-refractivity contribution in [3.63, 3.8) is 0 Å². The van der Waals surface area contributed by atoms with Crippen LogP contribution in [0.1, 0.15) is 49.1 Å². The van der Waals surface area contributed by atoms with E-state index in [4.69, 9.17) is 9.84 Å². The number of aromatic nitrogens is 2. The normalized spacial score (nSPS) is 17.5. The first-order chi connectivity index (χ1) is 11.2. The van der Waals surface area contributed by atoms with Crippen molar-refractivity contribution in [2.24, 2.45) is 7.05 Å². The summed E-state index contributed by atoms with van der Waals surface area (Å²) in [6.07, 6.45) is 8.06. The second kappa shape index (κ2) is 7.34. The highest BCUT2D eigenvalue weighted by molar-refractivity contribution is 5.74. The van der Waals surface area contributed by atoms with Gasteiger partial charge >= 0.3 is 6.03 Å². The third-order valence-corrected chi connectivity index (χ3v) is 5.13. The number of carbonyl (C=O) groups excluding carboxylic acids is 1. The summed E-state index contributed by atoms with van der Waals surface area (Å²) in [6, 6.07) is 0.364. The molecule has 1 fully saturated rings. The Kier molecular flexibility index (Phi) is 5.20. The van der Waals surface area contributed by atoms with Crippen LogP contribution in [0.4, 0.5) is 4.79 Å². The number of hydrogen-bond acceptors (Lipinski definition) is 3. The number of rotatable bonds is 6. The predicted molar refractivity (Wildman–Crippen MR) is 88.3 cm³/mol. The second-order valence-corrected chi connectivity index (χ2v) is 6.64. The highest BCUT2D eigenvalue weighted by Gasteiger charge is 2.29. The Hall–Kier alpha value is -1.56. The van der Waals surface area contributed by atoms with Crippen molar-refractivity contribution in [2.45, 2.75) is 57.5 Å². The first-order valence-corrected chi connectivity index (χ1v) is 8.77. The van der Waals surface area contributed by atoms with E-state index in [1.165, 1.54) is 30.5 Å². The minimum Gasteiger partial charge on any atom is -0.383 e. The molecule has 2 aliphatic rings. The Morgan fingerprint density at radius 2 is 2.13 bits per heavy atom. The van der Waals surface area contributed by atoms with Gasteiger partial charge in [0.05, 0.1) is 18.8 Å². The van der Waals surface area contributed by atoms with Crippen LogP contribution in [0.2, 0.25) is 0 Å². The zero-order valence-corrected chi connectivity index (χ0v) is 14.3. The molecule has 1 aromatic heterocycles. The lowest BCUT2D eigenvalue weighted by Gasteiger charge is -2.28. The summed E-state index contributed by atoms with van der Waals surface area (Å²) >= 11 is 0. The van der Waals surface area contributed by atoms with Crippen molar-refractivity contribution >= 4 is 6.03 Å². The third-order valence-electron chi connectivity index (χ3n) is 5.13. The number of nitrogens with one attached hydrogen (secondary N) is 1. The molecule has 6 nitrogen and oxygen atoms in total. The number of nitrogens with zero attached hydrogens (tertiary/aromatic N) is 3. The molecule has 1 heterocycles. The van der Waals surface area contributed by atoms with E-state index in [9.17, 15) is 4.79 Å². The van der Waals surface area contributed by atoms with Crippen molar-refractivity contribution in [1.29, 1.82) is 0 Å². The van der Waals surface area contributed by atoms with Gasteiger partial charge in [-0.1, -0.05) is 12.8 Å². The van der Waals surface area contributed by atoms with E-state index in [0.717, 1.165) is 31.4 Å². The van der Waals surface area contributed by atoms with Gasteiger partial charge in [0.2, 0.25) is 0 Å². The van der Waals surface area contributed by atoms with Crippen molar-refractivity contribution in [1.82, 2.24) is 20.0 Å². The average Bonchev–Trinajstić information content (AvgIpc) is 3.25. The highest BCUT2D eigenvalue weighted by Crippen LogP contribution is 2.29. The summed E-state index contributed by atoms with van der Waals surface area (Å²) in [5.41, 5.74) is 3.82. The Balaban J connectivity index is 1.73. The fraction of sp³-hybridized carbons (Fsp3) is 0.765. The van der Waals surface area contributed by atoms with Crippen molar-refractivity contribution in [2.75, 3.05) is 20.3 Å². The maximum atomic E-state index is 12.6. The maximum Gasteiger partial charge on any atom is 0.318 e. The van der Waals surface area contributed by atoms with Gasteiger partial charge in [-0.25, -0.2) is 4.79 Å². The lowest BCUT2D eigenvalue weighted by atomic mass is 10.1. The minimum absolute atomic E-state index is 0.0198.